The Morgan fingerprint density at radius 3 is 2.80 bits per heavy atom. The second-order valence-corrected chi connectivity index (χ2v) is 5.77. The van der Waals surface area contributed by atoms with Crippen LogP contribution >= 0.6 is 15.9 Å². The van der Waals surface area contributed by atoms with Gasteiger partial charge in [0.05, 0.1) is 17.7 Å². The number of hydrogen-bond donors (Lipinski definition) is 2. The van der Waals surface area contributed by atoms with E-state index in [2.05, 4.69) is 27.3 Å². The maximum atomic E-state index is 8.83. The Morgan fingerprint density at radius 1 is 1.35 bits per heavy atom. The number of benzene rings is 1. The van der Waals surface area contributed by atoms with E-state index < -0.39 is 0 Å². The van der Waals surface area contributed by atoms with Crippen LogP contribution in [0.5, 0.6) is 11.5 Å². The van der Waals surface area contributed by atoms with Gasteiger partial charge >= 0.3 is 0 Å². The van der Waals surface area contributed by atoms with Gasteiger partial charge in [0.25, 0.3) is 0 Å². The van der Waals surface area contributed by atoms with Crippen molar-refractivity contribution in [3.8, 4) is 11.5 Å². The van der Waals surface area contributed by atoms with Crippen molar-refractivity contribution in [1.82, 2.24) is 5.32 Å². The molecule has 2 rings (SSSR count). The molecule has 112 valence electrons. The number of aliphatic hydroxyl groups is 1. The van der Waals surface area contributed by atoms with Crippen LogP contribution in [0, 0.1) is 0 Å². The number of ether oxygens (including phenoxy) is 2. The first-order chi connectivity index (χ1) is 9.74. The third kappa shape index (κ3) is 4.65. The molecule has 1 aromatic rings. The van der Waals surface area contributed by atoms with Crippen LogP contribution in [0.3, 0.4) is 0 Å². The van der Waals surface area contributed by atoms with E-state index in [1.807, 2.05) is 13.0 Å². The fraction of sp³-hybridized carbons (Fsp3) is 0.600. The van der Waals surface area contributed by atoms with E-state index in [4.69, 9.17) is 14.6 Å². The lowest BCUT2D eigenvalue weighted by atomic mass is 10.2. The molecule has 0 aromatic heterocycles. The highest BCUT2D eigenvalue weighted by Crippen LogP contribution is 2.37. The highest BCUT2D eigenvalue weighted by Gasteiger charge is 2.20. The minimum absolute atomic E-state index is 0.130. The van der Waals surface area contributed by atoms with E-state index in [0.29, 0.717) is 25.7 Å². The Morgan fingerprint density at radius 2 is 2.15 bits per heavy atom. The van der Waals surface area contributed by atoms with E-state index in [0.717, 1.165) is 22.5 Å². The second-order valence-electron chi connectivity index (χ2n) is 4.92. The van der Waals surface area contributed by atoms with Gasteiger partial charge in [0, 0.05) is 25.6 Å². The molecule has 0 bridgehead atoms. The molecule has 5 heteroatoms. The third-order valence-electron chi connectivity index (χ3n) is 3.09. The summed E-state index contributed by atoms with van der Waals surface area (Å²) in [5, 5.41) is 12.3. The number of hydrogen-bond acceptors (Lipinski definition) is 4. The van der Waals surface area contributed by atoms with Crippen LogP contribution in [-0.4, -0.2) is 31.0 Å². The lowest BCUT2D eigenvalue weighted by molar-refractivity contribution is 0.224. The van der Waals surface area contributed by atoms with Crippen LogP contribution in [0.4, 0.5) is 0 Å². The van der Waals surface area contributed by atoms with Gasteiger partial charge in [0.15, 0.2) is 11.5 Å². The average molecular weight is 344 g/mol. The molecular formula is C15H22BrNO3. The standard InChI is InChI=1S/C15H22BrNO3/c1-2-19-14-9-11(10-17-12-4-5-12)8-13(16)15(14)20-7-3-6-18/h8-9,12,17-18H,2-7,10H2,1H3. The van der Waals surface area contributed by atoms with Crippen LogP contribution in [0.1, 0.15) is 31.7 Å². The zero-order valence-electron chi connectivity index (χ0n) is 11.8. The third-order valence-corrected chi connectivity index (χ3v) is 3.68. The lowest BCUT2D eigenvalue weighted by Gasteiger charge is -2.15. The zero-order valence-corrected chi connectivity index (χ0v) is 13.4. The molecule has 20 heavy (non-hydrogen) atoms. The van der Waals surface area contributed by atoms with Gasteiger partial charge in [-0.15, -0.1) is 0 Å². The van der Waals surface area contributed by atoms with Crippen molar-refractivity contribution in [3.05, 3.63) is 22.2 Å². The molecule has 0 spiro atoms. The van der Waals surface area contributed by atoms with Crippen LogP contribution in [0.25, 0.3) is 0 Å². The quantitative estimate of drug-likeness (QED) is 0.677. The molecule has 0 atom stereocenters. The van der Waals surface area contributed by atoms with Crippen molar-refractivity contribution >= 4 is 15.9 Å². The first kappa shape index (κ1) is 15.6. The molecule has 0 saturated heterocycles. The topological polar surface area (TPSA) is 50.7 Å². The SMILES string of the molecule is CCOc1cc(CNC2CC2)cc(Br)c1OCCCO. The molecule has 0 aliphatic heterocycles. The number of rotatable bonds is 9. The molecule has 1 saturated carbocycles. The van der Waals surface area contributed by atoms with Crippen molar-refractivity contribution in [2.75, 3.05) is 19.8 Å². The molecular weight excluding hydrogens is 322 g/mol. The Labute approximate surface area is 128 Å². The van der Waals surface area contributed by atoms with Gasteiger partial charge in [0.2, 0.25) is 0 Å². The van der Waals surface area contributed by atoms with Crippen molar-refractivity contribution < 1.29 is 14.6 Å². The van der Waals surface area contributed by atoms with Gasteiger partial charge in [-0.25, -0.2) is 0 Å². The van der Waals surface area contributed by atoms with Crippen molar-refractivity contribution in [2.45, 2.75) is 38.8 Å². The molecule has 1 fully saturated rings. The van der Waals surface area contributed by atoms with E-state index >= 15 is 0 Å². The zero-order chi connectivity index (χ0) is 14.4. The highest BCUT2D eigenvalue weighted by atomic mass is 79.9. The first-order valence-electron chi connectivity index (χ1n) is 7.16. The molecule has 0 heterocycles. The van der Waals surface area contributed by atoms with E-state index in [-0.39, 0.29) is 6.61 Å². The smallest absolute Gasteiger partial charge is 0.175 e. The predicted octanol–water partition coefficient (Wildman–Crippen LogP) is 2.86. The van der Waals surface area contributed by atoms with E-state index in [9.17, 15) is 0 Å². The summed E-state index contributed by atoms with van der Waals surface area (Å²) in [5.41, 5.74) is 1.18. The summed E-state index contributed by atoms with van der Waals surface area (Å²) >= 11 is 3.55. The maximum absolute atomic E-state index is 8.83. The molecule has 0 amide bonds. The largest absolute Gasteiger partial charge is 0.490 e. The molecule has 4 nitrogen and oxygen atoms in total. The Bertz CT molecular complexity index is 435. The van der Waals surface area contributed by atoms with Crippen molar-refractivity contribution in [2.24, 2.45) is 0 Å². The summed E-state index contributed by atoms with van der Waals surface area (Å²) in [6.07, 6.45) is 3.17. The minimum atomic E-state index is 0.130. The van der Waals surface area contributed by atoms with E-state index in [1.165, 1.54) is 18.4 Å². The normalized spacial score (nSPS) is 14.3. The van der Waals surface area contributed by atoms with Crippen molar-refractivity contribution in [1.29, 1.82) is 0 Å². The van der Waals surface area contributed by atoms with Gasteiger partial charge in [0.1, 0.15) is 0 Å². The van der Waals surface area contributed by atoms with Crippen LogP contribution in [0.2, 0.25) is 0 Å². The number of halogens is 1. The first-order valence-corrected chi connectivity index (χ1v) is 7.96. The van der Waals surface area contributed by atoms with Crippen LogP contribution < -0.4 is 14.8 Å². The predicted molar refractivity (Wildman–Crippen MR) is 82.4 cm³/mol. The minimum Gasteiger partial charge on any atom is -0.490 e. The monoisotopic (exact) mass is 343 g/mol. The van der Waals surface area contributed by atoms with E-state index in [1.54, 1.807) is 0 Å². The summed E-state index contributed by atoms with van der Waals surface area (Å²) < 4.78 is 12.3. The average Bonchev–Trinajstić information content (AvgIpc) is 3.24. The van der Waals surface area contributed by atoms with Gasteiger partial charge in [-0.3, -0.25) is 0 Å². The van der Waals surface area contributed by atoms with Gasteiger partial charge < -0.3 is 19.9 Å². The molecule has 0 unspecified atom stereocenters. The summed E-state index contributed by atoms with van der Waals surface area (Å²) in [7, 11) is 0. The van der Waals surface area contributed by atoms with Crippen LogP contribution in [0.15, 0.2) is 16.6 Å². The fourth-order valence-corrected chi connectivity index (χ4v) is 2.52. The fourth-order valence-electron chi connectivity index (χ4n) is 1.91. The molecule has 2 N–H and O–H groups in total. The van der Waals surface area contributed by atoms with Gasteiger partial charge in [-0.1, -0.05) is 0 Å². The number of aliphatic hydroxyl groups excluding tert-OH is 1. The summed E-state index contributed by atoms with van der Waals surface area (Å²) in [6.45, 7) is 4.02. The number of nitrogens with one attached hydrogen (secondary N) is 1. The Balaban J connectivity index is 2.07. The second kappa shape index (κ2) is 7.86. The maximum Gasteiger partial charge on any atom is 0.175 e. The summed E-state index contributed by atoms with van der Waals surface area (Å²) in [4.78, 5) is 0. The molecule has 1 aliphatic rings. The van der Waals surface area contributed by atoms with Crippen LogP contribution in [-0.2, 0) is 6.54 Å². The Kier molecular flexibility index (Phi) is 6.13. The Hall–Kier alpha value is -0.780. The molecule has 1 aliphatic carbocycles. The van der Waals surface area contributed by atoms with Gasteiger partial charge in [-0.2, -0.15) is 0 Å². The molecule has 1 aromatic carbocycles. The van der Waals surface area contributed by atoms with Crippen molar-refractivity contribution in [3.63, 3.8) is 0 Å². The molecule has 0 radical (unpaired) electrons. The summed E-state index contributed by atoms with van der Waals surface area (Å²) in [6, 6.07) is 4.77. The summed E-state index contributed by atoms with van der Waals surface area (Å²) in [5.74, 6) is 1.47. The highest BCUT2D eigenvalue weighted by molar-refractivity contribution is 9.10. The lowest BCUT2D eigenvalue weighted by Crippen LogP contribution is -2.15. The van der Waals surface area contributed by atoms with Gasteiger partial charge in [-0.05, 0) is 53.4 Å².